The molecule has 8 heteroatoms. The number of fused-ring (bicyclic) bond motifs is 2. The van der Waals surface area contributed by atoms with Crippen LogP contribution in [0.15, 0.2) is 36.4 Å². The molecule has 2 aromatic carbocycles. The molecule has 2 aliphatic heterocycles. The summed E-state index contributed by atoms with van der Waals surface area (Å²) in [5.41, 5.74) is 0.178. The smallest absolute Gasteiger partial charge is 0.248 e. The molecule has 0 radical (unpaired) electrons. The normalized spacial score (nSPS) is 21.5. The summed E-state index contributed by atoms with van der Waals surface area (Å²) in [6, 6.07) is 9.95. The molecule has 2 heterocycles. The molecular weight excluding hydrogens is 399 g/mol. The average Bonchev–Trinajstić information content (AvgIpc) is 3.01. The van der Waals surface area contributed by atoms with Crippen LogP contribution in [0.2, 0.25) is 15.1 Å². The van der Waals surface area contributed by atoms with E-state index in [1.807, 2.05) is 0 Å². The van der Waals surface area contributed by atoms with Crippen molar-refractivity contribution >= 4 is 58.2 Å². The number of carbonyl (C=O) groups is 3. The van der Waals surface area contributed by atoms with Gasteiger partial charge in [0.1, 0.15) is 0 Å². The molecule has 26 heavy (non-hydrogen) atoms. The van der Waals surface area contributed by atoms with Crippen molar-refractivity contribution in [3.8, 4) is 0 Å². The van der Waals surface area contributed by atoms with E-state index >= 15 is 0 Å². The Morgan fingerprint density at radius 1 is 1.00 bits per heavy atom. The monoisotopic (exact) mass is 408 g/mol. The van der Waals surface area contributed by atoms with Gasteiger partial charge in [0.25, 0.3) is 0 Å². The average molecular weight is 410 g/mol. The first-order valence-corrected chi connectivity index (χ1v) is 8.86. The molecule has 5 nitrogen and oxygen atoms in total. The summed E-state index contributed by atoms with van der Waals surface area (Å²) in [6.45, 7) is 0.188. The van der Waals surface area contributed by atoms with E-state index in [9.17, 15) is 14.4 Å². The maximum Gasteiger partial charge on any atom is 0.248 e. The fourth-order valence-electron chi connectivity index (χ4n) is 3.51. The van der Waals surface area contributed by atoms with E-state index in [-0.39, 0.29) is 13.0 Å². The van der Waals surface area contributed by atoms with Crippen molar-refractivity contribution in [2.75, 3.05) is 4.90 Å². The quantitative estimate of drug-likeness (QED) is 0.610. The Hall–Kier alpha value is -2.08. The van der Waals surface area contributed by atoms with Crippen molar-refractivity contribution in [2.24, 2.45) is 0 Å². The molecule has 1 atom stereocenters. The number of imide groups is 1. The largest absolute Gasteiger partial charge is 0.306 e. The summed E-state index contributed by atoms with van der Waals surface area (Å²) in [5.74, 6) is -1.55. The summed E-state index contributed by atoms with van der Waals surface area (Å²) in [4.78, 5) is 39.1. The summed E-state index contributed by atoms with van der Waals surface area (Å²) >= 11 is 18.1. The molecule has 1 saturated heterocycles. The third kappa shape index (κ3) is 2.42. The summed E-state index contributed by atoms with van der Waals surface area (Å²) < 4.78 is 0. The standard InChI is InChI=1S/C18H11Cl3N2O3/c19-10-2-4-14-11(6-10)18(7-15(24)22-16(18)25)17(26)23(14)8-9-1-3-12(20)13(21)5-9/h1-6H,7-8H2,(H,22,24,25). The van der Waals surface area contributed by atoms with Gasteiger partial charge in [0.05, 0.1) is 23.0 Å². The first-order chi connectivity index (χ1) is 12.3. The molecule has 1 fully saturated rings. The van der Waals surface area contributed by atoms with Gasteiger partial charge in [-0.05, 0) is 35.9 Å². The second kappa shape index (κ2) is 5.98. The summed E-state index contributed by atoms with van der Waals surface area (Å²) in [5, 5.41) is 3.40. The van der Waals surface area contributed by atoms with Gasteiger partial charge in [-0.3, -0.25) is 19.7 Å². The lowest BCUT2D eigenvalue weighted by Gasteiger charge is -2.21. The van der Waals surface area contributed by atoms with E-state index in [1.165, 1.54) is 4.90 Å². The Labute approximate surface area is 163 Å². The molecule has 0 saturated carbocycles. The summed E-state index contributed by atoms with van der Waals surface area (Å²) in [6.07, 6.45) is -0.226. The molecule has 1 unspecified atom stereocenters. The van der Waals surface area contributed by atoms with Crippen molar-refractivity contribution in [1.29, 1.82) is 0 Å². The zero-order valence-electron chi connectivity index (χ0n) is 13.2. The maximum atomic E-state index is 13.2. The third-order valence-corrected chi connectivity index (χ3v) is 5.68. The van der Waals surface area contributed by atoms with E-state index in [1.54, 1.807) is 36.4 Å². The number of benzene rings is 2. The molecule has 3 amide bonds. The molecule has 1 N–H and O–H groups in total. The zero-order chi connectivity index (χ0) is 18.6. The van der Waals surface area contributed by atoms with Gasteiger partial charge in [-0.1, -0.05) is 40.9 Å². The Kier molecular flexibility index (Phi) is 3.99. The molecule has 0 bridgehead atoms. The van der Waals surface area contributed by atoms with Crippen molar-refractivity contribution in [3.05, 3.63) is 62.6 Å². The lowest BCUT2D eigenvalue weighted by Crippen LogP contribution is -2.45. The van der Waals surface area contributed by atoms with Crippen molar-refractivity contribution < 1.29 is 14.4 Å². The van der Waals surface area contributed by atoms with Gasteiger partial charge in [0, 0.05) is 16.3 Å². The van der Waals surface area contributed by atoms with Gasteiger partial charge >= 0.3 is 0 Å². The second-order valence-corrected chi connectivity index (χ2v) is 7.51. The Morgan fingerprint density at radius 2 is 1.77 bits per heavy atom. The highest BCUT2D eigenvalue weighted by Gasteiger charge is 2.61. The van der Waals surface area contributed by atoms with Gasteiger partial charge in [-0.15, -0.1) is 0 Å². The Bertz CT molecular complexity index is 992. The molecule has 4 rings (SSSR count). The molecular formula is C18H11Cl3N2O3. The highest BCUT2D eigenvalue weighted by Crippen LogP contribution is 2.47. The van der Waals surface area contributed by atoms with Gasteiger partial charge in [0.2, 0.25) is 17.7 Å². The van der Waals surface area contributed by atoms with E-state index < -0.39 is 23.1 Å². The lowest BCUT2D eigenvalue weighted by atomic mass is 9.80. The van der Waals surface area contributed by atoms with Crippen LogP contribution in [0.4, 0.5) is 5.69 Å². The number of rotatable bonds is 2. The van der Waals surface area contributed by atoms with Crippen LogP contribution in [0.3, 0.4) is 0 Å². The molecule has 1 spiro atoms. The second-order valence-electron chi connectivity index (χ2n) is 6.26. The molecule has 0 aromatic heterocycles. The van der Waals surface area contributed by atoms with Crippen molar-refractivity contribution in [2.45, 2.75) is 18.4 Å². The molecule has 132 valence electrons. The number of nitrogens with zero attached hydrogens (tertiary/aromatic N) is 1. The van der Waals surface area contributed by atoms with Crippen LogP contribution in [-0.4, -0.2) is 17.7 Å². The van der Waals surface area contributed by atoms with Gasteiger partial charge in [-0.2, -0.15) is 0 Å². The lowest BCUT2D eigenvalue weighted by molar-refractivity contribution is -0.133. The Morgan fingerprint density at radius 3 is 2.42 bits per heavy atom. The molecule has 0 aliphatic carbocycles. The highest BCUT2D eigenvalue weighted by molar-refractivity contribution is 6.42. The number of carbonyl (C=O) groups excluding carboxylic acids is 3. The molecule has 2 aliphatic rings. The highest BCUT2D eigenvalue weighted by atomic mass is 35.5. The minimum absolute atomic E-state index is 0.188. The number of hydrogen-bond donors (Lipinski definition) is 1. The van der Waals surface area contributed by atoms with Gasteiger partial charge in [-0.25, -0.2) is 0 Å². The minimum atomic E-state index is -1.56. The molecule has 2 aromatic rings. The van der Waals surface area contributed by atoms with Crippen LogP contribution in [0.5, 0.6) is 0 Å². The fourth-order valence-corrected chi connectivity index (χ4v) is 4.00. The van der Waals surface area contributed by atoms with Crippen LogP contribution in [0, 0.1) is 0 Å². The van der Waals surface area contributed by atoms with Crippen molar-refractivity contribution in [1.82, 2.24) is 5.32 Å². The SMILES string of the molecule is O=C1CC2(C(=O)N1)C(=O)N(Cc1ccc(Cl)c(Cl)c1)c1ccc(Cl)cc12. The first-order valence-electron chi connectivity index (χ1n) is 7.73. The van der Waals surface area contributed by atoms with Crippen LogP contribution in [0.1, 0.15) is 17.5 Å². The predicted molar refractivity (Wildman–Crippen MR) is 98.5 cm³/mol. The Balaban J connectivity index is 1.82. The number of halogens is 3. The topological polar surface area (TPSA) is 66.5 Å². The first kappa shape index (κ1) is 17.3. The van der Waals surface area contributed by atoms with E-state index in [0.29, 0.717) is 26.3 Å². The number of anilines is 1. The predicted octanol–water partition coefficient (Wildman–Crippen LogP) is 3.48. The third-order valence-electron chi connectivity index (χ3n) is 4.71. The van der Waals surface area contributed by atoms with Crippen LogP contribution < -0.4 is 10.2 Å². The van der Waals surface area contributed by atoms with Crippen LogP contribution in [-0.2, 0) is 26.3 Å². The van der Waals surface area contributed by atoms with Crippen LogP contribution >= 0.6 is 34.8 Å². The van der Waals surface area contributed by atoms with Crippen LogP contribution in [0.25, 0.3) is 0 Å². The van der Waals surface area contributed by atoms with E-state index in [0.717, 1.165) is 5.56 Å². The zero-order valence-corrected chi connectivity index (χ0v) is 15.5. The number of nitrogens with one attached hydrogen (secondary N) is 1. The van der Waals surface area contributed by atoms with Gasteiger partial charge in [0.15, 0.2) is 5.41 Å². The van der Waals surface area contributed by atoms with Gasteiger partial charge < -0.3 is 4.90 Å². The van der Waals surface area contributed by atoms with Crippen molar-refractivity contribution in [3.63, 3.8) is 0 Å². The van der Waals surface area contributed by atoms with E-state index in [2.05, 4.69) is 5.32 Å². The maximum absolute atomic E-state index is 13.2. The summed E-state index contributed by atoms with van der Waals surface area (Å²) in [7, 11) is 0. The van der Waals surface area contributed by atoms with E-state index in [4.69, 9.17) is 34.8 Å². The number of amides is 3. The number of hydrogen-bond acceptors (Lipinski definition) is 3. The fraction of sp³-hybridized carbons (Fsp3) is 0.167. The minimum Gasteiger partial charge on any atom is -0.306 e.